The Hall–Kier alpha value is -1.72. The lowest BCUT2D eigenvalue weighted by Crippen LogP contribution is -2.55. The Bertz CT molecular complexity index is 945. The number of rotatable bonds is 4. The van der Waals surface area contributed by atoms with Gasteiger partial charge in [0.1, 0.15) is 12.2 Å². The zero-order valence-electron chi connectivity index (χ0n) is 18.4. The van der Waals surface area contributed by atoms with Crippen LogP contribution in [0.1, 0.15) is 46.1 Å². The van der Waals surface area contributed by atoms with Gasteiger partial charge in [0.05, 0.1) is 22.6 Å². The van der Waals surface area contributed by atoms with Gasteiger partial charge in [0.15, 0.2) is 12.1 Å². The molecule has 0 radical (unpaired) electrons. The van der Waals surface area contributed by atoms with Gasteiger partial charge in [-0.15, -0.1) is 0 Å². The number of ether oxygens (including phenoxy) is 4. The minimum absolute atomic E-state index is 0.00723. The summed E-state index contributed by atoms with van der Waals surface area (Å²) in [4.78, 5) is 12.7. The summed E-state index contributed by atoms with van der Waals surface area (Å²) in [5.41, 5.74) is 0.620. The first-order valence-electron chi connectivity index (χ1n) is 10.4. The Morgan fingerprint density at radius 2 is 1.71 bits per heavy atom. The highest BCUT2D eigenvalue weighted by Crippen LogP contribution is 2.42. The van der Waals surface area contributed by atoms with Crippen molar-refractivity contribution in [2.24, 2.45) is 0 Å². The molecule has 0 bridgehead atoms. The number of hydrogen-bond donors (Lipinski definition) is 2. The maximum Gasteiger partial charge on any atom is 0.329 e. The maximum absolute atomic E-state index is 12.7. The number of urea groups is 1. The number of aryl methyl sites for hydroxylation is 1. The molecule has 0 aliphatic carbocycles. The van der Waals surface area contributed by atoms with E-state index in [0.29, 0.717) is 0 Å². The van der Waals surface area contributed by atoms with Gasteiger partial charge in [-0.25, -0.2) is 17.9 Å². The molecule has 3 saturated heterocycles. The van der Waals surface area contributed by atoms with E-state index in [0.717, 1.165) is 18.4 Å². The molecule has 172 valence electrons. The zero-order chi connectivity index (χ0) is 22.6. The maximum atomic E-state index is 12.7. The molecule has 4 rings (SSSR count). The summed E-state index contributed by atoms with van der Waals surface area (Å²) in [6.45, 7) is 9.38. The quantitative estimate of drug-likeness (QED) is 0.717. The molecule has 3 heterocycles. The van der Waals surface area contributed by atoms with Gasteiger partial charge in [-0.05, 0) is 59.6 Å². The van der Waals surface area contributed by atoms with Crippen molar-refractivity contribution in [3.05, 3.63) is 29.8 Å². The van der Waals surface area contributed by atoms with Crippen LogP contribution in [0, 0.1) is 6.92 Å². The highest BCUT2D eigenvalue weighted by atomic mass is 32.2. The third-order valence-electron chi connectivity index (χ3n) is 5.81. The first-order valence-corrected chi connectivity index (χ1v) is 11.9. The van der Waals surface area contributed by atoms with E-state index in [9.17, 15) is 13.2 Å². The van der Waals surface area contributed by atoms with Crippen LogP contribution in [0.2, 0.25) is 0 Å². The lowest BCUT2D eigenvalue weighted by molar-refractivity contribution is -0.220. The standard InChI is InChI=1S/C21H30N2O7S/c1-12-6-8-13(9-7-12)31(25,26)23-19(24)22-15-16(14-10-11-20(2,3)28-14)27-18-17(15)29-21(4,5)30-18/h6-9,14-18H,10-11H2,1-5H3,(H2,22,23,24). The monoisotopic (exact) mass is 454 g/mol. The van der Waals surface area contributed by atoms with Crippen LogP contribution in [0.15, 0.2) is 29.2 Å². The van der Waals surface area contributed by atoms with E-state index in [1.165, 1.54) is 12.1 Å². The van der Waals surface area contributed by atoms with E-state index >= 15 is 0 Å². The molecule has 31 heavy (non-hydrogen) atoms. The minimum atomic E-state index is -4.02. The third-order valence-corrected chi connectivity index (χ3v) is 7.16. The summed E-state index contributed by atoms with van der Waals surface area (Å²) in [6, 6.07) is 4.75. The van der Waals surface area contributed by atoms with Gasteiger partial charge >= 0.3 is 6.03 Å². The molecule has 2 amide bonds. The smallest absolute Gasteiger partial charge is 0.329 e. The molecule has 2 N–H and O–H groups in total. The molecule has 0 spiro atoms. The van der Waals surface area contributed by atoms with Crippen LogP contribution in [0.4, 0.5) is 4.79 Å². The topological polar surface area (TPSA) is 112 Å². The van der Waals surface area contributed by atoms with Gasteiger partial charge in [0, 0.05) is 0 Å². The highest BCUT2D eigenvalue weighted by molar-refractivity contribution is 7.90. The van der Waals surface area contributed by atoms with E-state index in [-0.39, 0.29) is 16.6 Å². The van der Waals surface area contributed by atoms with E-state index in [2.05, 4.69) is 10.0 Å². The number of nitrogens with one attached hydrogen (secondary N) is 2. The summed E-state index contributed by atoms with van der Waals surface area (Å²) in [6.07, 6.45) is -0.454. The minimum Gasteiger partial charge on any atom is -0.370 e. The number of sulfonamides is 1. The van der Waals surface area contributed by atoms with Crippen molar-refractivity contribution in [1.82, 2.24) is 10.0 Å². The Labute approximate surface area is 182 Å². The summed E-state index contributed by atoms with van der Waals surface area (Å²) >= 11 is 0. The number of carbonyl (C=O) groups is 1. The molecule has 5 atom stereocenters. The number of fused-ring (bicyclic) bond motifs is 1. The summed E-state index contributed by atoms with van der Waals surface area (Å²) < 4.78 is 51.2. The third kappa shape index (κ3) is 4.73. The van der Waals surface area contributed by atoms with Crippen molar-refractivity contribution in [3.63, 3.8) is 0 Å². The number of hydrogen-bond acceptors (Lipinski definition) is 7. The van der Waals surface area contributed by atoms with Crippen LogP contribution in [-0.2, 0) is 29.0 Å². The van der Waals surface area contributed by atoms with E-state index in [4.69, 9.17) is 18.9 Å². The van der Waals surface area contributed by atoms with Gasteiger partial charge in [0.2, 0.25) is 0 Å². The van der Waals surface area contributed by atoms with Crippen molar-refractivity contribution in [2.45, 2.75) is 94.4 Å². The van der Waals surface area contributed by atoms with Gasteiger partial charge in [-0.2, -0.15) is 0 Å². The highest BCUT2D eigenvalue weighted by Gasteiger charge is 2.58. The molecule has 3 aliphatic rings. The van der Waals surface area contributed by atoms with Crippen LogP contribution in [0.5, 0.6) is 0 Å². The SMILES string of the molecule is Cc1ccc(S(=O)(=O)NC(=O)NC2C(C3CCC(C)(C)O3)OC3OC(C)(C)OC32)cc1. The van der Waals surface area contributed by atoms with Crippen LogP contribution in [-0.4, -0.2) is 56.5 Å². The Morgan fingerprint density at radius 1 is 1.03 bits per heavy atom. The van der Waals surface area contributed by atoms with Crippen LogP contribution in [0.3, 0.4) is 0 Å². The second-order valence-corrected chi connectivity index (χ2v) is 11.1. The molecule has 1 aromatic carbocycles. The molecule has 1 aromatic rings. The van der Waals surface area contributed by atoms with Crippen LogP contribution >= 0.6 is 0 Å². The van der Waals surface area contributed by atoms with E-state index < -0.39 is 46.4 Å². The first-order chi connectivity index (χ1) is 14.4. The Kier molecular flexibility index (Phi) is 5.58. The molecular formula is C21H30N2O7S. The molecule has 10 heteroatoms. The fourth-order valence-electron chi connectivity index (χ4n) is 4.34. The predicted octanol–water partition coefficient (Wildman–Crippen LogP) is 2.19. The predicted molar refractivity (Wildman–Crippen MR) is 111 cm³/mol. The number of amides is 2. The molecule has 5 unspecified atom stereocenters. The molecular weight excluding hydrogens is 424 g/mol. The van der Waals surface area contributed by atoms with Crippen molar-refractivity contribution in [1.29, 1.82) is 0 Å². The summed E-state index contributed by atoms with van der Waals surface area (Å²) in [5.74, 6) is -0.875. The first kappa shape index (κ1) is 22.5. The average Bonchev–Trinajstić information content (AvgIpc) is 3.25. The van der Waals surface area contributed by atoms with E-state index in [1.807, 2.05) is 20.8 Å². The normalized spacial score (nSPS) is 33.8. The van der Waals surface area contributed by atoms with Crippen molar-refractivity contribution < 1.29 is 32.2 Å². The second-order valence-electron chi connectivity index (χ2n) is 9.44. The lowest BCUT2D eigenvalue weighted by Gasteiger charge is -2.30. The lowest BCUT2D eigenvalue weighted by atomic mass is 9.99. The van der Waals surface area contributed by atoms with Gasteiger partial charge < -0.3 is 24.3 Å². The molecule has 3 aliphatic heterocycles. The fraction of sp³-hybridized carbons (Fsp3) is 0.667. The van der Waals surface area contributed by atoms with Crippen LogP contribution < -0.4 is 10.0 Å². The Balaban J connectivity index is 1.50. The van der Waals surface area contributed by atoms with Crippen molar-refractivity contribution in [3.8, 4) is 0 Å². The van der Waals surface area contributed by atoms with Crippen molar-refractivity contribution in [2.75, 3.05) is 0 Å². The Morgan fingerprint density at radius 3 is 2.32 bits per heavy atom. The zero-order valence-corrected chi connectivity index (χ0v) is 19.2. The van der Waals surface area contributed by atoms with Crippen molar-refractivity contribution >= 4 is 16.1 Å². The van der Waals surface area contributed by atoms with E-state index in [1.54, 1.807) is 26.0 Å². The number of benzene rings is 1. The molecule has 3 fully saturated rings. The van der Waals surface area contributed by atoms with Gasteiger partial charge in [0.25, 0.3) is 10.0 Å². The largest absolute Gasteiger partial charge is 0.370 e. The summed E-state index contributed by atoms with van der Waals surface area (Å²) in [7, 11) is -4.02. The second kappa shape index (κ2) is 7.70. The fourth-order valence-corrected chi connectivity index (χ4v) is 5.26. The number of carbonyl (C=O) groups excluding carboxylic acids is 1. The van der Waals surface area contributed by atoms with Gasteiger partial charge in [-0.1, -0.05) is 17.7 Å². The summed E-state index contributed by atoms with van der Waals surface area (Å²) in [5, 5.41) is 2.74. The van der Waals surface area contributed by atoms with Crippen LogP contribution in [0.25, 0.3) is 0 Å². The average molecular weight is 455 g/mol. The molecule has 9 nitrogen and oxygen atoms in total. The molecule has 0 aromatic heterocycles. The molecule has 0 saturated carbocycles. The van der Waals surface area contributed by atoms with Gasteiger partial charge in [-0.3, -0.25) is 0 Å².